The molecule has 3 rings (SSSR count). The Balaban J connectivity index is 1.64. The van der Waals surface area contributed by atoms with Crippen LogP contribution in [0.25, 0.3) is 0 Å². The normalized spacial score (nSPS) is 16.1. The summed E-state index contributed by atoms with van der Waals surface area (Å²) in [5.41, 5.74) is 1.15. The van der Waals surface area contributed by atoms with E-state index in [0.29, 0.717) is 35.1 Å². The van der Waals surface area contributed by atoms with Crippen molar-refractivity contribution in [1.29, 1.82) is 0 Å². The fourth-order valence-corrected chi connectivity index (χ4v) is 2.99. The van der Waals surface area contributed by atoms with E-state index in [2.05, 4.69) is 5.32 Å². The summed E-state index contributed by atoms with van der Waals surface area (Å²) in [6.07, 6.45) is 2.27. The lowest BCUT2D eigenvalue weighted by Gasteiger charge is -2.15. The first-order valence-electron chi connectivity index (χ1n) is 9.55. The van der Waals surface area contributed by atoms with Gasteiger partial charge >= 0.3 is 0 Å². The van der Waals surface area contributed by atoms with Gasteiger partial charge < -0.3 is 24.3 Å². The van der Waals surface area contributed by atoms with Crippen LogP contribution in [-0.4, -0.2) is 38.4 Å². The molecule has 1 atom stereocenters. The highest BCUT2D eigenvalue weighted by Crippen LogP contribution is 2.29. The molecule has 0 saturated carbocycles. The fraction of sp³-hybridized carbons (Fsp3) is 0.409. The first kappa shape index (κ1) is 20.0. The zero-order chi connectivity index (χ0) is 19.9. The molecule has 150 valence electrons. The number of carbonyl (C=O) groups is 1. The summed E-state index contributed by atoms with van der Waals surface area (Å²) in [5, 5.41) is 2.89. The third-order valence-electron chi connectivity index (χ3n) is 4.34. The van der Waals surface area contributed by atoms with Crippen LogP contribution < -0.4 is 19.5 Å². The van der Waals surface area contributed by atoms with Crippen molar-refractivity contribution in [3.63, 3.8) is 0 Å². The fourth-order valence-electron chi connectivity index (χ4n) is 2.99. The van der Waals surface area contributed by atoms with Gasteiger partial charge in [0.1, 0.15) is 12.4 Å². The largest absolute Gasteiger partial charge is 0.493 e. The van der Waals surface area contributed by atoms with Crippen molar-refractivity contribution < 1.29 is 23.7 Å². The number of rotatable bonds is 8. The standard InChI is InChI=1S/C22H27NO5/c1-15(2)28-20-10-9-16(12-21(20)25-3)22(24)23-17-6-4-7-18(13-17)27-14-19-8-5-11-26-19/h4,6-7,9-10,12-13,15,19H,5,8,11,14H2,1-3H3,(H,23,24). The van der Waals surface area contributed by atoms with Gasteiger partial charge in [-0.1, -0.05) is 6.07 Å². The highest BCUT2D eigenvalue weighted by molar-refractivity contribution is 6.04. The van der Waals surface area contributed by atoms with Crippen molar-refractivity contribution in [1.82, 2.24) is 0 Å². The predicted molar refractivity (Wildman–Crippen MR) is 108 cm³/mol. The molecule has 1 N–H and O–H groups in total. The Morgan fingerprint density at radius 2 is 2.07 bits per heavy atom. The monoisotopic (exact) mass is 385 g/mol. The molecule has 28 heavy (non-hydrogen) atoms. The second kappa shape index (κ2) is 9.46. The first-order chi connectivity index (χ1) is 13.5. The minimum absolute atomic E-state index is 0.0194. The lowest BCUT2D eigenvalue weighted by atomic mass is 10.1. The average molecular weight is 385 g/mol. The lowest BCUT2D eigenvalue weighted by molar-refractivity contribution is 0.0680. The van der Waals surface area contributed by atoms with Crippen LogP contribution in [0.15, 0.2) is 42.5 Å². The van der Waals surface area contributed by atoms with E-state index in [1.54, 1.807) is 31.4 Å². The molecule has 0 spiro atoms. The number of carbonyl (C=O) groups excluding carboxylic acids is 1. The summed E-state index contributed by atoms with van der Waals surface area (Å²) in [6, 6.07) is 12.5. The van der Waals surface area contributed by atoms with Crippen LogP contribution in [0.5, 0.6) is 17.2 Å². The smallest absolute Gasteiger partial charge is 0.255 e. The number of methoxy groups -OCH3 is 1. The summed E-state index contributed by atoms with van der Waals surface area (Å²) in [5.74, 6) is 1.60. The molecule has 2 aromatic carbocycles. The lowest BCUT2D eigenvalue weighted by Crippen LogP contribution is -2.16. The third kappa shape index (κ3) is 5.39. The number of hydrogen-bond acceptors (Lipinski definition) is 5. The van der Waals surface area contributed by atoms with Crippen molar-refractivity contribution in [2.45, 2.75) is 38.9 Å². The number of benzene rings is 2. The van der Waals surface area contributed by atoms with Crippen molar-refractivity contribution >= 4 is 11.6 Å². The Kier molecular flexibility index (Phi) is 6.76. The van der Waals surface area contributed by atoms with E-state index in [0.717, 1.165) is 19.4 Å². The highest BCUT2D eigenvalue weighted by atomic mass is 16.5. The number of anilines is 1. The van der Waals surface area contributed by atoms with Crippen molar-refractivity contribution in [2.75, 3.05) is 25.6 Å². The maximum absolute atomic E-state index is 12.6. The quantitative estimate of drug-likeness (QED) is 0.734. The van der Waals surface area contributed by atoms with E-state index in [-0.39, 0.29) is 18.1 Å². The molecule has 1 saturated heterocycles. The van der Waals surface area contributed by atoms with E-state index < -0.39 is 0 Å². The second-order valence-corrected chi connectivity index (χ2v) is 6.96. The molecule has 0 aromatic heterocycles. The Hall–Kier alpha value is -2.73. The summed E-state index contributed by atoms with van der Waals surface area (Å²) in [6.45, 7) is 5.20. The molecule has 1 aliphatic rings. The van der Waals surface area contributed by atoms with Gasteiger partial charge in [-0.15, -0.1) is 0 Å². The van der Waals surface area contributed by atoms with Gasteiger partial charge in [0.05, 0.1) is 19.3 Å². The van der Waals surface area contributed by atoms with E-state index in [4.69, 9.17) is 18.9 Å². The average Bonchev–Trinajstić information content (AvgIpc) is 3.20. The molecule has 2 aromatic rings. The van der Waals surface area contributed by atoms with Crippen molar-refractivity contribution in [2.24, 2.45) is 0 Å². The number of amides is 1. The summed E-state index contributed by atoms with van der Waals surface area (Å²) < 4.78 is 22.4. The van der Waals surface area contributed by atoms with Gasteiger partial charge in [-0.2, -0.15) is 0 Å². The molecule has 1 unspecified atom stereocenters. The third-order valence-corrected chi connectivity index (χ3v) is 4.34. The zero-order valence-corrected chi connectivity index (χ0v) is 16.6. The van der Waals surface area contributed by atoms with Gasteiger partial charge in [0.25, 0.3) is 5.91 Å². The minimum atomic E-state index is -0.231. The Labute approximate surface area is 165 Å². The number of nitrogens with one attached hydrogen (secondary N) is 1. The molecule has 1 amide bonds. The van der Waals surface area contributed by atoms with Gasteiger partial charge in [-0.3, -0.25) is 4.79 Å². The Morgan fingerprint density at radius 1 is 1.21 bits per heavy atom. The predicted octanol–water partition coefficient (Wildman–Crippen LogP) is 4.29. The van der Waals surface area contributed by atoms with E-state index >= 15 is 0 Å². The molecule has 0 aliphatic carbocycles. The van der Waals surface area contributed by atoms with Gasteiger partial charge in [0.2, 0.25) is 0 Å². The highest BCUT2D eigenvalue weighted by Gasteiger charge is 2.16. The minimum Gasteiger partial charge on any atom is -0.493 e. The van der Waals surface area contributed by atoms with Crippen LogP contribution in [0.3, 0.4) is 0 Å². The van der Waals surface area contributed by atoms with Crippen LogP contribution in [0.4, 0.5) is 5.69 Å². The second-order valence-electron chi connectivity index (χ2n) is 6.96. The maximum Gasteiger partial charge on any atom is 0.255 e. The maximum atomic E-state index is 12.6. The van der Waals surface area contributed by atoms with Crippen molar-refractivity contribution in [3.8, 4) is 17.2 Å². The number of hydrogen-bond donors (Lipinski definition) is 1. The van der Waals surface area contributed by atoms with Crippen LogP contribution in [-0.2, 0) is 4.74 Å². The van der Waals surface area contributed by atoms with Crippen LogP contribution in [0, 0.1) is 0 Å². The number of ether oxygens (including phenoxy) is 4. The van der Waals surface area contributed by atoms with Crippen LogP contribution >= 0.6 is 0 Å². The van der Waals surface area contributed by atoms with Gasteiger partial charge in [-0.25, -0.2) is 0 Å². The molecule has 1 aliphatic heterocycles. The van der Waals surface area contributed by atoms with Crippen LogP contribution in [0.2, 0.25) is 0 Å². The van der Waals surface area contributed by atoms with E-state index in [1.165, 1.54) is 0 Å². The van der Waals surface area contributed by atoms with Crippen LogP contribution in [0.1, 0.15) is 37.0 Å². The van der Waals surface area contributed by atoms with Crippen molar-refractivity contribution in [3.05, 3.63) is 48.0 Å². The Bertz CT molecular complexity index is 799. The van der Waals surface area contributed by atoms with E-state index in [1.807, 2.05) is 32.0 Å². The molecule has 6 nitrogen and oxygen atoms in total. The zero-order valence-electron chi connectivity index (χ0n) is 16.6. The topological polar surface area (TPSA) is 66.0 Å². The van der Waals surface area contributed by atoms with E-state index in [9.17, 15) is 4.79 Å². The molecular weight excluding hydrogens is 358 g/mol. The van der Waals surface area contributed by atoms with Gasteiger partial charge in [-0.05, 0) is 57.0 Å². The molecule has 1 heterocycles. The van der Waals surface area contributed by atoms with Gasteiger partial charge in [0, 0.05) is 23.9 Å². The molecule has 0 bridgehead atoms. The SMILES string of the molecule is COc1cc(C(=O)Nc2cccc(OCC3CCCO3)c2)ccc1OC(C)C. The molecular formula is C22H27NO5. The summed E-state index contributed by atoms with van der Waals surface area (Å²) in [4.78, 5) is 12.6. The molecule has 0 radical (unpaired) electrons. The molecule has 1 fully saturated rings. The van der Waals surface area contributed by atoms with Gasteiger partial charge in [0.15, 0.2) is 11.5 Å². The summed E-state index contributed by atoms with van der Waals surface area (Å²) >= 11 is 0. The summed E-state index contributed by atoms with van der Waals surface area (Å²) in [7, 11) is 1.55. The molecule has 6 heteroatoms. The Morgan fingerprint density at radius 3 is 2.79 bits per heavy atom. The first-order valence-corrected chi connectivity index (χ1v) is 9.55.